The molecule has 0 heterocycles. The summed E-state index contributed by atoms with van der Waals surface area (Å²) >= 11 is 0. The Hall–Kier alpha value is -2.29. The van der Waals surface area contributed by atoms with E-state index < -0.39 is 0 Å². The van der Waals surface area contributed by atoms with Crippen LogP contribution in [0.3, 0.4) is 0 Å². The van der Waals surface area contributed by atoms with Gasteiger partial charge in [0.25, 0.3) is 5.91 Å². The van der Waals surface area contributed by atoms with Crippen LogP contribution in [-0.2, 0) is 6.54 Å². The summed E-state index contributed by atoms with van der Waals surface area (Å²) in [6.07, 6.45) is 0. The maximum absolute atomic E-state index is 11.8. The Morgan fingerprint density at radius 1 is 1.05 bits per heavy atom. The van der Waals surface area contributed by atoms with Crippen molar-refractivity contribution < 1.29 is 4.79 Å². The first kappa shape index (κ1) is 15.1. The van der Waals surface area contributed by atoms with Crippen molar-refractivity contribution in [2.24, 2.45) is 0 Å². The third-order valence-corrected chi connectivity index (χ3v) is 3.52. The SMILES string of the molecule is Cc1ccc(CNc2ccc(C(=O)N(C)C)cc2)c(C)c1. The van der Waals surface area contributed by atoms with Gasteiger partial charge in [0.05, 0.1) is 0 Å². The monoisotopic (exact) mass is 282 g/mol. The van der Waals surface area contributed by atoms with E-state index in [0.29, 0.717) is 5.56 Å². The van der Waals surface area contributed by atoms with Gasteiger partial charge in [-0.2, -0.15) is 0 Å². The molecular weight excluding hydrogens is 260 g/mol. The van der Waals surface area contributed by atoms with Crippen molar-refractivity contribution in [1.82, 2.24) is 4.90 Å². The predicted octanol–water partition coefficient (Wildman–Crippen LogP) is 3.62. The number of nitrogens with one attached hydrogen (secondary N) is 1. The van der Waals surface area contributed by atoms with Crippen LogP contribution in [0.25, 0.3) is 0 Å². The molecule has 0 fully saturated rings. The zero-order chi connectivity index (χ0) is 15.4. The molecule has 0 saturated heterocycles. The van der Waals surface area contributed by atoms with E-state index in [-0.39, 0.29) is 5.91 Å². The lowest BCUT2D eigenvalue weighted by Gasteiger charge is -2.12. The summed E-state index contributed by atoms with van der Waals surface area (Å²) in [6, 6.07) is 14.1. The second-order valence-electron chi connectivity index (χ2n) is 5.56. The summed E-state index contributed by atoms with van der Waals surface area (Å²) in [5.74, 6) is 0.0240. The summed E-state index contributed by atoms with van der Waals surface area (Å²) in [5, 5.41) is 3.39. The highest BCUT2D eigenvalue weighted by molar-refractivity contribution is 5.94. The Morgan fingerprint density at radius 2 is 1.71 bits per heavy atom. The van der Waals surface area contributed by atoms with Crippen molar-refractivity contribution in [1.29, 1.82) is 0 Å². The molecule has 0 unspecified atom stereocenters. The molecule has 0 saturated carbocycles. The first-order valence-corrected chi connectivity index (χ1v) is 7.09. The average molecular weight is 282 g/mol. The highest BCUT2D eigenvalue weighted by Gasteiger charge is 2.07. The first-order chi connectivity index (χ1) is 9.97. The normalized spacial score (nSPS) is 10.3. The minimum absolute atomic E-state index is 0.0240. The predicted molar refractivity (Wildman–Crippen MR) is 87.7 cm³/mol. The third kappa shape index (κ3) is 3.85. The van der Waals surface area contributed by atoms with Crippen LogP contribution in [0.15, 0.2) is 42.5 Å². The van der Waals surface area contributed by atoms with Crippen molar-refractivity contribution >= 4 is 11.6 Å². The number of rotatable bonds is 4. The van der Waals surface area contributed by atoms with Crippen LogP contribution in [0.4, 0.5) is 5.69 Å². The van der Waals surface area contributed by atoms with E-state index in [1.165, 1.54) is 16.7 Å². The van der Waals surface area contributed by atoms with Gasteiger partial charge in [-0.15, -0.1) is 0 Å². The van der Waals surface area contributed by atoms with Gasteiger partial charge >= 0.3 is 0 Å². The Labute approximate surface area is 126 Å². The van der Waals surface area contributed by atoms with Gasteiger partial charge in [0.2, 0.25) is 0 Å². The molecule has 0 aliphatic heterocycles. The zero-order valence-corrected chi connectivity index (χ0v) is 13.1. The van der Waals surface area contributed by atoms with Crippen LogP contribution in [0.2, 0.25) is 0 Å². The van der Waals surface area contributed by atoms with Crippen molar-refractivity contribution in [3.63, 3.8) is 0 Å². The number of benzene rings is 2. The van der Waals surface area contributed by atoms with Gasteiger partial charge in [0, 0.05) is 31.9 Å². The Balaban J connectivity index is 2.02. The molecule has 0 spiro atoms. The van der Waals surface area contributed by atoms with Crippen LogP contribution < -0.4 is 5.32 Å². The van der Waals surface area contributed by atoms with E-state index in [2.05, 4.69) is 37.4 Å². The Kier molecular flexibility index (Phi) is 4.63. The van der Waals surface area contributed by atoms with Gasteiger partial charge < -0.3 is 10.2 Å². The smallest absolute Gasteiger partial charge is 0.253 e. The standard InChI is InChI=1S/C18H22N2O/c1-13-5-6-16(14(2)11-13)12-19-17-9-7-15(8-10-17)18(21)20(3)4/h5-11,19H,12H2,1-4H3. The van der Waals surface area contributed by atoms with Crippen LogP contribution in [-0.4, -0.2) is 24.9 Å². The number of hydrogen-bond acceptors (Lipinski definition) is 2. The Morgan fingerprint density at radius 3 is 2.29 bits per heavy atom. The maximum atomic E-state index is 11.8. The van der Waals surface area contributed by atoms with Gasteiger partial charge in [-0.05, 0) is 49.2 Å². The molecule has 0 radical (unpaired) electrons. The van der Waals surface area contributed by atoms with Crippen LogP contribution in [0.1, 0.15) is 27.0 Å². The van der Waals surface area contributed by atoms with Gasteiger partial charge in [0.1, 0.15) is 0 Å². The molecule has 0 atom stereocenters. The lowest BCUT2D eigenvalue weighted by atomic mass is 10.1. The summed E-state index contributed by atoms with van der Waals surface area (Å²) in [7, 11) is 3.52. The topological polar surface area (TPSA) is 32.3 Å². The van der Waals surface area contributed by atoms with E-state index in [0.717, 1.165) is 12.2 Å². The van der Waals surface area contributed by atoms with Crippen LogP contribution in [0, 0.1) is 13.8 Å². The minimum atomic E-state index is 0.0240. The van der Waals surface area contributed by atoms with Crippen molar-refractivity contribution in [3.05, 3.63) is 64.7 Å². The van der Waals surface area contributed by atoms with Crippen LogP contribution in [0.5, 0.6) is 0 Å². The average Bonchev–Trinajstić information content (AvgIpc) is 2.46. The van der Waals surface area contributed by atoms with Gasteiger partial charge in [-0.3, -0.25) is 4.79 Å². The van der Waals surface area contributed by atoms with Gasteiger partial charge in [0.15, 0.2) is 0 Å². The fourth-order valence-corrected chi connectivity index (χ4v) is 2.23. The molecule has 0 aliphatic carbocycles. The fraction of sp³-hybridized carbons (Fsp3) is 0.278. The fourth-order valence-electron chi connectivity index (χ4n) is 2.23. The van der Waals surface area contributed by atoms with E-state index in [9.17, 15) is 4.79 Å². The summed E-state index contributed by atoms with van der Waals surface area (Å²) in [6.45, 7) is 5.01. The molecule has 0 aliphatic rings. The third-order valence-electron chi connectivity index (χ3n) is 3.52. The lowest BCUT2D eigenvalue weighted by molar-refractivity contribution is 0.0827. The summed E-state index contributed by atoms with van der Waals surface area (Å²) < 4.78 is 0. The van der Waals surface area contributed by atoms with Gasteiger partial charge in [-0.25, -0.2) is 0 Å². The van der Waals surface area contributed by atoms with E-state index in [1.807, 2.05) is 24.3 Å². The first-order valence-electron chi connectivity index (χ1n) is 7.09. The molecular formula is C18H22N2O. The quantitative estimate of drug-likeness (QED) is 0.929. The number of nitrogens with zero attached hydrogens (tertiary/aromatic N) is 1. The highest BCUT2D eigenvalue weighted by Crippen LogP contribution is 2.15. The van der Waals surface area contributed by atoms with Crippen molar-refractivity contribution in [3.8, 4) is 0 Å². The van der Waals surface area contributed by atoms with E-state index in [1.54, 1.807) is 19.0 Å². The van der Waals surface area contributed by atoms with Crippen molar-refractivity contribution in [2.45, 2.75) is 20.4 Å². The highest BCUT2D eigenvalue weighted by atomic mass is 16.2. The molecule has 110 valence electrons. The largest absolute Gasteiger partial charge is 0.381 e. The molecule has 0 bridgehead atoms. The molecule has 1 amide bonds. The summed E-state index contributed by atoms with van der Waals surface area (Å²) in [5.41, 5.74) is 5.58. The number of carbonyl (C=O) groups is 1. The number of anilines is 1. The molecule has 1 N–H and O–H groups in total. The Bertz CT molecular complexity index is 630. The van der Waals surface area contributed by atoms with E-state index in [4.69, 9.17) is 0 Å². The summed E-state index contributed by atoms with van der Waals surface area (Å²) in [4.78, 5) is 13.4. The molecule has 2 rings (SSSR count). The van der Waals surface area contributed by atoms with Gasteiger partial charge in [-0.1, -0.05) is 23.8 Å². The molecule has 0 aromatic heterocycles. The maximum Gasteiger partial charge on any atom is 0.253 e. The molecule has 3 nitrogen and oxygen atoms in total. The molecule has 21 heavy (non-hydrogen) atoms. The van der Waals surface area contributed by atoms with Crippen molar-refractivity contribution in [2.75, 3.05) is 19.4 Å². The lowest BCUT2D eigenvalue weighted by Crippen LogP contribution is -2.21. The number of amides is 1. The number of carbonyl (C=O) groups excluding carboxylic acids is 1. The van der Waals surface area contributed by atoms with Crippen LogP contribution >= 0.6 is 0 Å². The second kappa shape index (κ2) is 6.44. The molecule has 2 aromatic rings. The molecule has 3 heteroatoms. The number of hydrogen-bond donors (Lipinski definition) is 1. The second-order valence-corrected chi connectivity index (χ2v) is 5.56. The molecule has 2 aromatic carbocycles. The minimum Gasteiger partial charge on any atom is -0.381 e. The number of aryl methyl sites for hydroxylation is 2. The van der Waals surface area contributed by atoms with E-state index >= 15 is 0 Å². The zero-order valence-electron chi connectivity index (χ0n) is 13.1.